The highest BCUT2D eigenvalue weighted by Crippen LogP contribution is 2.29. The van der Waals surface area contributed by atoms with Gasteiger partial charge in [-0.1, -0.05) is 30.3 Å². The number of anilines is 3. The van der Waals surface area contributed by atoms with Gasteiger partial charge >= 0.3 is 0 Å². The van der Waals surface area contributed by atoms with Crippen LogP contribution in [0, 0.1) is 6.92 Å². The van der Waals surface area contributed by atoms with Crippen molar-refractivity contribution in [3.63, 3.8) is 0 Å². The van der Waals surface area contributed by atoms with Crippen LogP contribution in [0.25, 0.3) is 22.2 Å². The van der Waals surface area contributed by atoms with Crippen LogP contribution < -0.4 is 10.2 Å². The average Bonchev–Trinajstić information content (AvgIpc) is 3.53. The van der Waals surface area contributed by atoms with Gasteiger partial charge in [-0.3, -0.25) is 9.67 Å². The molecule has 0 amide bonds. The number of aryl methyl sites for hydroxylation is 2. The largest absolute Gasteiger partial charge is 0.378 e. The second-order valence-corrected chi connectivity index (χ2v) is 8.85. The number of benzene rings is 2. The number of nitrogens with one attached hydrogen (secondary N) is 1. The molecule has 0 saturated carbocycles. The number of nitrogens with zero attached hydrogens (tertiary/aromatic N) is 6. The SMILES string of the molecule is Cc1nn(C)c2cc(-c3cc(Nc4ccc(C5=NC=CC5)cc4)nc(N4CCOCC4)n3)ccc12. The summed E-state index contributed by atoms with van der Waals surface area (Å²) < 4.78 is 7.46. The fourth-order valence-corrected chi connectivity index (χ4v) is 4.59. The van der Waals surface area contributed by atoms with Crippen LogP contribution >= 0.6 is 0 Å². The van der Waals surface area contributed by atoms with E-state index in [-0.39, 0.29) is 0 Å². The molecule has 8 nitrogen and oxygen atoms in total. The standard InChI is InChI=1S/C27H27N7O/c1-18-22-10-7-20(16-25(22)33(2)32-18)24-17-26(31-27(30-24)34-12-14-35-15-13-34)29-21-8-5-19(6-9-21)23-4-3-11-28-23/h3,5-11,16-17H,4,12-15H2,1-2H3,(H,29,30,31). The second-order valence-electron chi connectivity index (χ2n) is 8.85. The molecule has 0 unspecified atom stereocenters. The van der Waals surface area contributed by atoms with Crippen molar-refractivity contribution in [3.8, 4) is 11.3 Å². The van der Waals surface area contributed by atoms with Gasteiger partial charge in [0.2, 0.25) is 5.95 Å². The molecule has 0 aliphatic carbocycles. The van der Waals surface area contributed by atoms with Crippen LogP contribution in [-0.4, -0.2) is 51.8 Å². The van der Waals surface area contributed by atoms with E-state index in [0.717, 1.165) is 70.1 Å². The van der Waals surface area contributed by atoms with Crippen molar-refractivity contribution >= 4 is 34.1 Å². The average molecular weight is 466 g/mol. The summed E-state index contributed by atoms with van der Waals surface area (Å²) >= 11 is 0. The highest BCUT2D eigenvalue weighted by molar-refractivity contribution is 6.03. The first-order valence-corrected chi connectivity index (χ1v) is 11.9. The number of morpholine rings is 1. The lowest BCUT2D eigenvalue weighted by atomic mass is 10.1. The van der Waals surface area contributed by atoms with Crippen molar-refractivity contribution in [3.05, 3.63) is 72.1 Å². The molecule has 176 valence electrons. The Morgan fingerprint density at radius 2 is 1.74 bits per heavy atom. The number of aromatic nitrogens is 4. The molecule has 2 aromatic carbocycles. The molecular formula is C27H27N7O. The Morgan fingerprint density at radius 3 is 2.51 bits per heavy atom. The minimum Gasteiger partial charge on any atom is -0.378 e. The molecular weight excluding hydrogens is 438 g/mol. The van der Waals surface area contributed by atoms with Crippen LogP contribution in [0.3, 0.4) is 0 Å². The molecule has 8 heteroatoms. The van der Waals surface area contributed by atoms with Gasteiger partial charge in [-0.25, -0.2) is 4.98 Å². The summed E-state index contributed by atoms with van der Waals surface area (Å²) in [7, 11) is 1.97. The first kappa shape index (κ1) is 21.5. The predicted octanol–water partition coefficient (Wildman–Crippen LogP) is 4.63. The van der Waals surface area contributed by atoms with Gasteiger partial charge in [0.15, 0.2) is 0 Å². The maximum Gasteiger partial charge on any atom is 0.228 e. The Kier molecular flexibility index (Phi) is 5.50. The maximum absolute atomic E-state index is 5.54. The van der Waals surface area contributed by atoms with Crippen LogP contribution in [0.15, 0.2) is 65.8 Å². The first-order chi connectivity index (χ1) is 17.1. The van der Waals surface area contributed by atoms with Gasteiger partial charge in [0.1, 0.15) is 5.82 Å². The molecule has 1 fully saturated rings. The number of allylic oxidation sites excluding steroid dienone is 1. The van der Waals surface area contributed by atoms with Crippen LogP contribution in [0.5, 0.6) is 0 Å². The summed E-state index contributed by atoms with van der Waals surface area (Å²) in [4.78, 5) is 16.4. The van der Waals surface area contributed by atoms with E-state index in [9.17, 15) is 0 Å². The molecule has 1 N–H and O–H groups in total. The van der Waals surface area contributed by atoms with E-state index in [1.54, 1.807) is 0 Å². The van der Waals surface area contributed by atoms with Crippen LogP contribution in [0.1, 0.15) is 17.7 Å². The van der Waals surface area contributed by atoms with E-state index in [0.29, 0.717) is 19.2 Å². The van der Waals surface area contributed by atoms with Gasteiger partial charge in [0.05, 0.1) is 35.8 Å². The Balaban J connectivity index is 1.36. The molecule has 0 atom stereocenters. The van der Waals surface area contributed by atoms with Gasteiger partial charge < -0.3 is 15.0 Å². The molecule has 2 aliphatic rings. The van der Waals surface area contributed by atoms with Crippen molar-refractivity contribution in [1.82, 2.24) is 19.7 Å². The summed E-state index contributed by atoms with van der Waals surface area (Å²) in [6.45, 7) is 4.93. The van der Waals surface area contributed by atoms with Gasteiger partial charge in [0.25, 0.3) is 0 Å². The van der Waals surface area contributed by atoms with E-state index in [2.05, 4.69) is 68.8 Å². The third kappa shape index (κ3) is 4.28. The lowest BCUT2D eigenvalue weighted by Gasteiger charge is -2.27. The normalized spacial score (nSPS) is 15.6. The molecule has 4 aromatic rings. The number of aliphatic imine (C=N–C) groups is 1. The molecule has 0 bridgehead atoms. The van der Waals surface area contributed by atoms with Crippen LogP contribution in [-0.2, 0) is 11.8 Å². The minimum absolute atomic E-state index is 0.677. The predicted molar refractivity (Wildman–Crippen MR) is 140 cm³/mol. The molecule has 1 saturated heterocycles. The number of ether oxygens (including phenoxy) is 1. The smallest absolute Gasteiger partial charge is 0.228 e. The lowest BCUT2D eigenvalue weighted by molar-refractivity contribution is 0.122. The topological polar surface area (TPSA) is 80.5 Å². The van der Waals surface area contributed by atoms with E-state index < -0.39 is 0 Å². The van der Waals surface area contributed by atoms with Crippen LogP contribution in [0.2, 0.25) is 0 Å². The summed E-state index contributed by atoms with van der Waals surface area (Å²) in [6, 6.07) is 16.7. The summed E-state index contributed by atoms with van der Waals surface area (Å²) in [6.07, 6.45) is 4.81. The highest BCUT2D eigenvalue weighted by atomic mass is 16.5. The maximum atomic E-state index is 5.54. The number of hydrogen-bond donors (Lipinski definition) is 1. The molecule has 6 rings (SSSR count). The zero-order valence-electron chi connectivity index (χ0n) is 19.9. The highest BCUT2D eigenvalue weighted by Gasteiger charge is 2.17. The summed E-state index contributed by atoms with van der Waals surface area (Å²) in [5, 5.41) is 9.20. The van der Waals surface area contributed by atoms with E-state index in [4.69, 9.17) is 14.7 Å². The quantitative estimate of drug-likeness (QED) is 0.463. The number of fused-ring (bicyclic) bond motifs is 1. The number of rotatable bonds is 5. The van der Waals surface area contributed by atoms with Crippen molar-refractivity contribution in [2.24, 2.45) is 12.0 Å². The lowest BCUT2D eigenvalue weighted by Crippen LogP contribution is -2.37. The third-order valence-electron chi connectivity index (χ3n) is 6.48. The van der Waals surface area contributed by atoms with E-state index >= 15 is 0 Å². The van der Waals surface area contributed by atoms with Gasteiger partial charge in [0, 0.05) is 55.5 Å². The Bertz CT molecular complexity index is 1450. The van der Waals surface area contributed by atoms with Gasteiger partial charge in [-0.15, -0.1) is 0 Å². The van der Waals surface area contributed by atoms with Crippen molar-refractivity contribution in [2.75, 3.05) is 36.5 Å². The third-order valence-corrected chi connectivity index (χ3v) is 6.48. The Labute approximate surface area is 204 Å². The van der Waals surface area contributed by atoms with Crippen molar-refractivity contribution in [2.45, 2.75) is 13.3 Å². The fourth-order valence-electron chi connectivity index (χ4n) is 4.59. The van der Waals surface area contributed by atoms with E-state index in [1.807, 2.05) is 30.9 Å². The first-order valence-electron chi connectivity index (χ1n) is 11.9. The minimum atomic E-state index is 0.677. The molecule has 4 heterocycles. The van der Waals surface area contributed by atoms with E-state index in [1.165, 1.54) is 0 Å². The monoisotopic (exact) mass is 465 g/mol. The molecule has 2 aliphatic heterocycles. The summed E-state index contributed by atoms with van der Waals surface area (Å²) in [5.41, 5.74) is 7.21. The molecule has 0 spiro atoms. The second kappa shape index (κ2) is 8.96. The molecule has 35 heavy (non-hydrogen) atoms. The van der Waals surface area contributed by atoms with Gasteiger partial charge in [-0.2, -0.15) is 10.1 Å². The zero-order chi connectivity index (χ0) is 23.8. The molecule has 0 radical (unpaired) electrons. The zero-order valence-corrected chi connectivity index (χ0v) is 19.9. The van der Waals surface area contributed by atoms with Crippen LogP contribution in [0.4, 0.5) is 17.5 Å². The van der Waals surface area contributed by atoms with Gasteiger partial charge in [-0.05, 0) is 30.7 Å². The fraction of sp³-hybridized carbons (Fsp3) is 0.259. The molecule has 2 aromatic heterocycles. The Morgan fingerprint density at radius 1 is 0.943 bits per heavy atom. The van der Waals surface area contributed by atoms with Crippen molar-refractivity contribution in [1.29, 1.82) is 0 Å². The Hall–Kier alpha value is -4.04. The number of hydrogen-bond acceptors (Lipinski definition) is 7. The summed E-state index contributed by atoms with van der Waals surface area (Å²) in [5.74, 6) is 1.46. The van der Waals surface area contributed by atoms with Crippen molar-refractivity contribution < 1.29 is 4.74 Å².